The zero-order valence-corrected chi connectivity index (χ0v) is 17.3. The first-order valence-electron chi connectivity index (χ1n) is 9.81. The fraction of sp³-hybridized carbons (Fsp3) is 0.800. The summed E-state index contributed by atoms with van der Waals surface area (Å²) in [5.74, 6) is -0.735. The van der Waals surface area contributed by atoms with Gasteiger partial charge in [-0.3, -0.25) is 24.1 Å². The minimum atomic E-state index is -0.306. The zero-order chi connectivity index (χ0) is 20.6. The first-order valence-corrected chi connectivity index (χ1v) is 9.81. The highest BCUT2D eigenvalue weighted by Crippen LogP contribution is 2.38. The zero-order valence-electron chi connectivity index (χ0n) is 17.3. The van der Waals surface area contributed by atoms with Gasteiger partial charge >= 0.3 is 0 Å². The molecule has 1 aliphatic rings. The lowest BCUT2D eigenvalue weighted by Gasteiger charge is -2.28. The number of hydrogen-bond acceptors (Lipinski definition) is 5. The number of amides is 3. The molecule has 1 fully saturated rings. The molecule has 0 aliphatic carbocycles. The van der Waals surface area contributed by atoms with Crippen molar-refractivity contribution in [2.24, 2.45) is 17.3 Å². The number of carbonyl (C=O) groups excluding carboxylic acids is 4. The Hall–Kier alpha value is -1.76. The van der Waals surface area contributed by atoms with Crippen molar-refractivity contribution in [2.75, 3.05) is 26.3 Å². The maximum Gasteiger partial charge on any atom is 0.233 e. The van der Waals surface area contributed by atoms with E-state index in [0.29, 0.717) is 26.2 Å². The van der Waals surface area contributed by atoms with Gasteiger partial charge in [0.15, 0.2) is 0 Å². The molecule has 1 atom stereocenters. The Morgan fingerprint density at radius 2 is 1.89 bits per heavy atom. The molecule has 1 rings (SSSR count). The maximum atomic E-state index is 12.5. The summed E-state index contributed by atoms with van der Waals surface area (Å²) in [4.78, 5) is 49.2. The Balaban J connectivity index is 2.26. The molecule has 1 N–H and O–H groups in total. The summed E-state index contributed by atoms with van der Waals surface area (Å²) in [6, 6.07) is 0. The minimum Gasteiger partial charge on any atom is -0.379 e. The average Bonchev–Trinajstić information content (AvgIpc) is 2.90. The second-order valence-corrected chi connectivity index (χ2v) is 8.07. The molecule has 154 valence electrons. The van der Waals surface area contributed by atoms with E-state index in [4.69, 9.17) is 4.74 Å². The molecule has 0 aromatic heterocycles. The highest BCUT2D eigenvalue weighted by Gasteiger charge is 2.45. The van der Waals surface area contributed by atoms with Gasteiger partial charge in [0, 0.05) is 38.3 Å². The number of ketones is 1. The quantitative estimate of drug-likeness (QED) is 0.411. The van der Waals surface area contributed by atoms with E-state index in [9.17, 15) is 19.2 Å². The van der Waals surface area contributed by atoms with Crippen LogP contribution in [0.1, 0.15) is 60.3 Å². The average molecular weight is 383 g/mol. The van der Waals surface area contributed by atoms with Crippen molar-refractivity contribution in [1.82, 2.24) is 10.2 Å². The van der Waals surface area contributed by atoms with Crippen LogP contribution in [0.25, 0.3) is 0 Å². The molecule has 1 heterocycles. The largest absolute Gasteiger partial charge is 0.379 e. The van der Waals surface area contributed by atoms with Crippen LogP contribution in [-0.4, -0.2) is 54.7 Å². The number of Topliss-reactive ketones (excluding diaryl/α,β-unsaturated/α-hetero) is 1. The summed E-state index contributed by atoms with van der Waals surface area (Å²) in [6.07, 6.45) is 1.50. The first kappa shape index (κ1) is 23.3. The van der Waals surface area contributed by atoms with E-state index in [1.54, 1.807) is 0 Å². The van der Waals surface area contributed by atoms with Crippen LogP contribution >= 0.6 is 0 Å². The van der Waals surface area contributed by atoms with Crippen molar-refractivity contribution in [3.05, 3.63) is 0 Å². The Morgan fingerprint density at radius 3 is 2.48 bits per heavy atom. The number of ether oxygens (including phenoxy) is 1. The lowest BCUT2D eigenvalue weighted by molar-refractivity contribution is -0.140. The summed E-state index contributed by atoms with van der Waals surface area (Å²) >= 11 is 0. The summed E-state index contributed by atoms with van der Waals surface area (Å²) < 4.78 is 5.33. The number of hydrogen-bond donors (Lipinski definition) is 1. The van der Waals surface area contributed by atoms with Crippen LogP contribution in [0.4, 0.5) is 0 Å². The SMILES string of the molecule is CCC(C)(C)C1CC(=O)N(CCC(=O)NCCOCCC(=O)C(C)C)C1=O. The van der Waals surface area contributed by atoms with Gasteiger partial charge in [-0.15, -0.1) is 0 Å². The standard InChI is InChI=1S/C20H34N2O5/c1-6-20(4,5)15-13-18(25)22(19(15)26)10-7-17(24)21-9-12-27-11-8-16(23)14(2)3/h14-15H,6-13H2,1-5H3,(H,21,24). The summed E-state index contributed by atoms with van der Waals surface area (Å²) in [5, 5.41) is 2.70. The number of imide groups is 1. The monoisotopic (exact) mass is 382 g/mol. The van der Waals surface area contributed by atoms with Crippen molar-refractivity contribution in [3.63, 3.8) is 0 Å². The first-order chi connectivity index (χ1) is 12.6. The van der Waals surface area contributed by atoms with Gasteiger partial charge in [-0.2, -0.15) is 0 Å². The molecule has 0 aromatic rings. The molecule has 1 unspecified atom stereocenters. The summed E-state index contributed by atoms with van der Waals surface area (Å²) in [7, 11) is 0. The Morgan fingerprint density at radius 1 is 1.22 bits per heavy atom. The molecule has 0 radical (unpaired) electrons. The minimum absolute atomic E-state index is 0.00631. The van der Waals surface area contributed by atoms with Crippen molar-refractivity contribution < 1.29 is 23.9 Å². The van der Waals surface area contributed by atoms with Gasteiger partial charge in [0.25, 0.3) is 0 Å². The summed E-state index contributed by atoms with van der Waals surface area (Å²) in [5.41, 5.74) is -0.224. The highest BCUT2D eigenvalue weighted by molar-refractivity contribution is 6.04. The van der Waals surface area contributed by atoms with Gasteiger partial charge in [-0.25, -0.2) is 0 Å². The van der Waals surface area contributed by atoms with Crippen molar-refractivity contribution in [1.29, 1.82) is 0 Å². The molecule has 0 saturated carbocycles. The second-order valence-electron chi connectivity index (χ2n) is 8.07. The van der Waals surface area contributed by atoms with E-state index >= 15 is 0 Å². The van der Waals surface area contributed by atoms with E-state index in [2.05, 4.69) is 5.32 Å². The predicted molar refractivity (Wildman–Crippen MR) is 102 cm³/mol. The van der Waals surface area contributed by atoms with E-state index in [-0.39, 0.29) is 60.1 Å². The maximum absolute atomic E-state index is 12.5. The Kier molecular flexibility index (Phi) is 9.09. The molecular formula is C20H34N2O5. The normalized spacial score (nSPS) is 17.7. The lowest BCUT2D eigenvalue weighted by atomic mass is 9.76. The van der Waals surface area contributed by atoms with Crippen LogP contribution in [0.3, 0.4) is 0 Å². The number of carbonyl (C=O) groups is 4. The molecule has 0 bridgehead atoms. The molecule has 0 spiro atoms. The molecule has 3 amide bonds. The van der Waals surface area contributed by atoms with Crippen LogP contribution in [0.15, 0.2) is 0 Å². The third kappa shape index (κ3) is 7.05. The Labute approximate surface area is 162 Å². The van der Waals surface area contributed by atoms with Crippen molar-refractivity contribution in [2.45, 2.75) is 60.3 Å². The van der Waals surface area contributed by atoms with Crippen LogP contribution in [0.5, 0.6) is 0 Å². The number of rotatable bonds is 12. The number of likely N-dealkylation sites (tertiary alicyclic amines) is 1. The topological polar surface area (TPSA) is 92.8 Å². The lowest BCUT2D eigenvalue weighted by Crippen LogP contribution is -2.38. The van der Waals surface area contributed by atoms with E-state index in [1.165, 1.54) is 4.90 Å². The van der Waals surface area contributed by atoms with E-state index in [1.807, 2.05) is 34.6 Å². The Bertz CT molecular complexity index is 557. The van der Waals surface area contributed by atoms with Gasteiger partial charge in [-0.1, -0.05) is 41.0 Å². The van der Waals surface area contributed by atoms with Gasteiger partial charge in [0.2, 0.25) is 17.7 Å². The van der Waals surface area contributed by atoms with Gasteiger partial charge in [0.05, 0.1) is 19.1 Å². The second kappa shape index (κ2) is 10.5. The predicted octanol–water partition coefficient (Wildman–Crippen LogP) is 1.94. The highest BCUT2D eigenvalue weighted by atomic mass is 16.5. The molecule has 7 heteroatoms. The molecule has 1 aliphatic heterocycles. The van der Waals surface area contributed by atoms with Crippen LogP contribution < -0.4 is 5.32 Å². The molecule has 0 aromatic carbocycles. The van der Waals surface area contributed by atoms with Crippen molar-refractivity contribution >= 4 is 23.5 Å². The molecule has 7 nitrogen and oxygen atoms in total. The molecule has 1 saturated heterocycles. The third-order valence-electron chi connectivity index (χ3n) is 5.37. The fourth-order valence-corrected chi connectivity index (χ4v) is 2.90. The van der Waals surface area contributed by atoms with E-state index < -0.39 is 0 Å². The summed E-state index contributed by atoms with van der Waals surface area (Å²) in [6.45, 7) is 10.8. The molecular weight excluding hydrogens is 348 g/mol. The number of nitrogens with one attached hydrogen (secondary N) is 1. The van der Waals surface area contributed by atoms with Crippen molar-refractivity contribution in [3.8, 4) is 0 Å². The molecule has 27 heavy (non-hydrogen) atoms. The number of nitrogens with zero attached hydrogens (tertiary/aromatic N) is 1. The van der Waals surface area contributed by atoms with Gasteiger partial charge < -0.3 is 10.1 Å². The van der Waals surface area contributed by atoms with E-state index in [0.717, 1.165) is 6.42 Å². The van der Waals surface area contributed by atoms with Crippen LogP contribution in [0, 0.1) is 17.3 Å². The van der Waals surface area contributed by atoms with Gasteiger partial charge in [0.1, 0.15) is 5.78 Å². The smallest absolute Gasteiger partial charge is 0.233 e. The fourth-order valence-electron chi connectivity index (χ4n) is 2.90. The third-order valence-corrected chi connectivity index (χ3v) is 5.37. The van der Waals surface area contributed by atoms with Gasteiger partial charge in [-0.05, 0) is 5.41 Å². The van der Waals surface area contributed by atoms with Crippen LogP contribution in [-0.2, 0) is 23.9 Å². The van der Waals surface area contributed by atoms with Crippen LogP contribution in [0.2, 0.25) is 0 Å².